The van der Waals surface area contributed by atoms with Gasteiger partial charge in [-0.15, -0.1) is 11.8 Å². The van der Waals surface area contributed by atoms with E-state index in [9.17, 15) is 9.18 Å². The molecule has 1 aromatic heterocycles. The van der Waals surface area contributed by atoms with E-state index in [4.69, 9.17) is 0 Å². The van der Waals surface area contributed by atoms with Gasteiger partial charge in [0.15, 0.2) is 6.29 Å². The summed E-state index contributed by atoms with van der Waals surface area (Å²) < 4.78 is 12.9. The van der Waals surface area contributed by atoms with Crippen molar-refractivity contribution in [3.63, 3.8) is 0 Å². The SMILES string of the molecule is O=Cc1cc2ccccc2nc1SCc1ccc(F)cc1. The van der Waals surface area contributed by atoms with Crippen LogP contribution in [0.3, 0.4) is 0 Å². The van der Waals surface area contributed by atoms with Crippen molar-refractivity contribution in [2.24, 2.45) is 0 Å². The molecule has 1 heterocycles. The lowest BCUT2D eigenvalue weighted by molar-refractivity contribution is 0.112. The van der Waals surface area contributed by atoms with Gasteiger partial charge in [-0.3, -0.25) is 4.79 Å². The Morgan fingerprint density at radius 1 is 1.10 bits per heavy atom. The number of carbonyl (C=O) groups is 1. The summed E-state index contributed by atoms with van der Waals surface area (Å²) in [4.78, 5) is 15.8. The van der Waals surface area contributed by atoms with Crippen molar-refractivity contribution in [3.8, 4) is 0 Å². The van der Waals surface area contributed by atoms with Crippen LogP contribution in [-0.2, 0) is 5.75 Å². The smallest absolute Gasteiger partial charge is 0.152 e. The van der Waals surface area contributed by atoms with Crippen LogP contribution in [0.25, 0.3) is 10.9 Å². The summed E-state index contributed by atoms with van der Waals surface area (Å²) in [5, 5.41) is 1.65. The van der Waals surface area contributed by atoms with E-state index in [1.807, 2.05) is 30.3 Å². The van der Waals surface area contributed by atoms with Crippen LogP contribution in [0, 0.1) is 5.82 Å². The highest BCUT2D eigenvalue weighted by Crippen LogP contribution is 2.26. The van der Waals surface area contributed by atoms with E-state index in [0.717, 1.165) is 22.8 Å². The Morgan fingerprint density at radius 3 is 2.62 bits per heavy atom. The Labute approximate surface area is 126 Å². The number of rotatable bonds is 4. The van der Waals surface area contributed by atoms with Crippen LogP contribution < -0.4 is 0 Å². The monoisotopic (exact) mass is 297 g/mol. The third-order valence-corrected chi connectivity index (χ3v) is 4.21. The van der Waals surface area contributed by atoms with Crippen LogP contribution in [-0.4, -0.2) is 11.3 Å². The minimum absolute atomic E-state index is 0.249. The van der Waals surface area contributed by atoms with Gasteiger partial charge in [-0.25, -0.2) is 9.37 Å². The molecule has 0 fully saturated rings. The molecule has 0 saturated heterocycles. The maximum absolute atomic E-state index is 12.9. The molecule has 0 bridgehead atoms. The quantitative estimate of drug-likeness (QED) is 0.525. The molecule has 0 unspecified atom stereocenters. The van der Waals surface area contributed by atoms with Crippen LogP contribution in [0.15, 0.2) is 59.6 Å². The van der Waals surface area contributed by atoms with Crippen LogP contribution in [0.5, 0.6) is 0 Å². The second-order valence-electron chi connectivity index (χ2n) is 4.61. The molecule has 3 aromatic rings. The standard InChI is InChI=1S/C17H12FNOS/c18-15-7-5-12(6-8-15)11-21-17-14(10-20)9-13-3-1-2-4-16(13)19-17/h1-10H,11H2. The van der Waals surface area contributed by atoms with E-state index in [1.165, 1.54) is 23.9 Å². The molecule has 0 aliphatic carbocycles. The summed E-state index contributed by atoms with van der Waals surface area (Å²) in [5.41, 5.74) is 2.44. The van der Waals surface area contributed by atoms with Gasteiger partial charge >= 0.3 is 0 Å². The van der Waals surface area contributed by atoms with E-state index in [2.05, 4.69) is 4.98 Å². The van der Waals surface area contributed by atoms with Gasteiger partial charge in [-0.05, 0) is 29.8 Å². The van der Waals surface area contributed by atoms with Crippen molar-refractivity contribution in [2.75, 3.05) is 0 Å². The number of hydrogen-bond donors (Lipinski definition) is 0. The minimum atomic E-state index is -0.249. The Bertz CT molecular complexity index is 786. The molecule has 0 spiro atoms. The van der Waals surface area contributed by atoms with E-state index in [1.54, 1.807) is 12.1 Å². The second kappa shape index (κ2) is 6.06. The first-order chi connectivity index (χ1) is 10.3. The van der Waals surface area contributed by atoms with Gasteiger partial charge in [-0.2, -0.15) is 0 Å². The van der Waals surface area contributed by atoms with Gasteiger partial charge in [-0.1, -0.05) is 30.3 Å². The first-order valence-corrected chi connectivity index (χ1v) is 7.47. The maximum Gasteiger partial charge on any atom is 0.152 e. The number of aromatic nitrogens is 1. The molecule has 2 nitrogen and oxygen atoms in total. The number of carbonyl (C=O) groups excluding carboxylic acids is 1. The molecule has 3 rings (SSSR count). The predicted molar refractivity (Wildman–Crippen MR) is 83.1 cm³/mol. The van der Waals surface area contributed by atoms with Crippen molar-refractivity contribution >= 4 is 29.0 Å². The highest BCUT2D eigenvalue weighted by molar-refractivity contribution is 7.98. The van der Waals surface area contributed by atoms with Crippen LogP contribution >= 0.6 is 11.8 Å². The Hall–Kier alpha value is -2.20. The van der Waals surface area contributed by atoms with Gasteiger partial charge in [0, 0.05) is 16.7 Å². The molecule has 0 atom stereocenters. The van der Waals surface area contributed by atoms with Crippen LogP contribution in [0.1, 0.15) is 15.9 Å². The summed E-state index contributed by atoms with van der Waals surface area (Å²) in [5.74, 6) is 0.396. The third kappa shape index (κ3) is 3.11. The Balaban J connectivity index is 1.88. The van der Waals surface area contributed by atoms with Crippen molar-refractivity contribution < 1.29 is 9.18 Å². The zero-order chi connectivity index (χ0) is 14.7. The summed E-state index contributed by atoms with van der Waals surface area (Å²) >= 11 is 1.48. The number of fused-ring (bicyclic) bond motifs is 1. The van der Waals surface area contributed by atoms with Crippen LogP contribution in [0.4, 0.5) is 4.39 Å². The van der Waals surface area contributed by atoms with Crippen molar-refractivity contribution in [1.82, 2.24) is 4.98 Å². The molecule has 2 aromatic carbocycles. The van der Waals surface area contributed by atoms with Gasteiger partial charge in [0.1, 0.15) is 10.8 Å². The van der Waals surface area contributed by atoms with Crippen molar-refractivity contribution in [1.29, 1.82) is 0 Å². The number of halogens is 1. The largest absolute Gasteiger partial charge is 0.298 e. The molecular formula is C17H12FNOS. The summed E-state index contributed by atoms with van der Waals surface area (Å²) in [6.45, 7) is 0. The minimum Gasteiger partial charge on any atom is -0.298 e. The number of nitrogens with zero attached hydrogens (tertiary/aromatic N) is 1. The lowest BCUT2D eigenvalue weighted by Crippen LogP contribution is -1.92. The molecule has 0 radical (unpaired) electrons. The highest BCUT2D eigenvalue weighted by Gasteiger charge is 2.07. The van der Waals surface area contributed by atoms with Crippen LogP contribution in [0.2, 0.25) is 0 Å². The molecule has 21 heavy (non-hydrogen) atoms. The number of pyridine rings is 1. The zero-order valence-corrected chi connectivity index (χ0v) is 11.9. The van der Waals surface area contributed by atoms with E-state index < -0.39 is 0 Å². The third-order valence-electron chi connectivity index (χ3n) is 3.13. The fraction of sp³-hybridized carbons (Fsp3) is 0.0588. The molecule has 0 saturated carbocycles. The molecule has 0 N–H and O–H groups in total. The number of hydrogen-bond acceptors (Lipinski definition) is 3. The summed E-state index contributed by atoms with van der Waals surface area (Å²) in [7, 11) is 0. The van der Waals surface area contributed by atoms with Crippen molar-refractivity contribution in [3.05, 3.63) is 71.5 Å². The molecule has 0 aliphatic heterocycles. The number of para-hydroxylation sites is 1. The topological polar surface area (TPSA) is 30.0 Å². The molecule has 0 amide bonds. The van der Waals surface area contributed by atoms with Gasteiger partial charge in [0.05, 0.1) is 5.52 Å². The lowest BCUT2D eigenvalue weighted by atomic mass is 10.2. The Kier molecular flexibility index (Phi) is 3.97. The van der Waals surface area contributed by atoms with E-state index in [-0.39, 0.29) is 5.82 Å². The fourth-order valence-electron chi connectivity index (χ4n) is 2.05. The first kappa shape index (κ1) is 13.8. The fourth-order valence-corrected chi connectivity index (χ4v) is 2.98. The van der Waals surface area contributed by atoms with Gasteiger partial charge < -0.3 is 0 Å². The molecule has 104 valence electrons. The molecular weight excluding hydrogens is 285 g/mol. The number of aldehydes is 1. The number of thioether (sulfide) groups is 1. The number of benzene rings is 2. The van der Waals surface area contributed by atoms with E-state index >= 15 is 0 Å². The van der Waals surface area contributed by atoms with E-state index in [0.29, 0.717) is 16.3 Å². The van der Waals surface area contributed by atoms with Gasteiger partial charge in [0.2, 0.25) is 0 Å². The lowest BCUT2D eigenvalue weighted by Gasteiger charge is -2.06. The summed E-state index contributed by atoms with van der Waals surface area (Å²) in [6, 6.07) is 15.9. The average Bonchev–Trinajstić information content (AvgIpc) is 2.53. The highest BCUT2D eigenvalue weighted by atomic mass is 32.2. The normalized spacial score (nSPS) is 10.7. The Morgan fingerprint density at radius 2 is 1.86 bits per heavy atom. The average molecular weight is 297 g/mol. The van der Waals surface area contributed by atoms with Gasteiger partial charge in [0.25, 0.3) is 0 Å². The van der Waals surface area contributed by atoms with Crippen molar-refractivity contribution in [2.45, 2.75) is 10.8 Å². The summed E-state index contributed by atoms with van der Waals surface area (Å²) in [6.07, 6.45) is 0.826. The molecule has 4 heteroatoms. The first-order valence-electron chi connectivity index (χ1n) is 6.48. The molecule has 0 aliphatic rings. The predicted octanol–water partition coefficient (Wildman–Crippen LogP) is 4.48. The second-order valence-corrected chi connectivity index (χ2v) is 5.57. The zero-order valence-electron chi connectivity index (χ0n) is 11.1. The maximum atomic E-state index is 12.9.